The van der Waals surface area contributed by atoms with Gasteiger partial charge >= 0.3 is 0 Å². The Kier molecular flexibility index (Phi) is 5.37. The summed E-state index contributed by atoms with van der Waals surface area (Å²) in [5, 5.41) is 8.80. The first-order valence-corrected chi connectivity index (χ1v) is 7.13. The van der Waals surface area contributed by atoms with Crippen LogP contribution in [0.1, 0.15) is 15.9 Å². The normalized spacial score (nSPS) is 10.1. The van der Waals surface area contributed by atoms with Crippen molar-refractivity contribution in [3.05, 3.63) is 69.5 Å². The molecule has 0 aromatic heterocycles. The molecule has 0 atom stereocenters. The van der Waals surface area contributed by atoms with E-state index in [4.69, 9.17) is 28.5 Å². The van der Waals surface area contributed by atoms with Gasteiger partial charge in [0.1, 0.15) is 12.4 Å². The number of hydrogen-bond donors (Lipinski definition) is 0. The summed E-state index contributed by atoms with van der Waals surface area (Å²) in [5.41, 5.74) is 0.839. The summed E-state index contributed by atoms with van der Waals surface area (Å²) >= 11 is 11.6. The smallest absolute Gasteiger partial charge is 0.256 e. The summed E-state index contributed by atoms with van der Waals surface area (Å²) in [6.45, 7) is 0.0993. The van der Waals surface area contributed by atoms with Gasteiger partial charge in [-0.05, 0) is 17.7 Å². The lowest BCUT2D eigenvalue weighted by molar-refractivity contribution is 0.0764. The van der Waals surface area contributed by atoms with Gasteiger partial charge in [-0.2, -0.15) is 5.26 Å². The van der Waals surface area contributed by atoms with Crippen molar-refractivity contribution in [1.29, 1.82) is 5.26 Å². The zero-order chi connectivity index (χ0) is 16.1. The average Bonchev–Trinajstić information content (AvgIpc) is 2.51. The van der Waals surface area contributed by atoms with Crippen molar-refractivity contribution < 1.29 is 9.18 Å². The Hall–Kier alpha value is -2.09. The number of carbonyl (C=O) groups is 1. The molecule has 0 radical (unpaired) electrons. The van der Waals surface area contributed by atoms with Gasteiger partial charge in [-0.15, -0.1) is 0 Å². The van der Waals surface area contributed by atoms with Crippen LogP contribution in [0.2, 0.25) is 10.0 Å². The SMILES string of the molecule is N#CCN(Cc1ccccc1)C(=O)c1cc(F)c(Cl)cc1Cl. The highest BCUT2D eigenvalue weighted by atomic mass is 35.5. The van der Waals surface area contributed by atoms with E-state index in [1.54, 1.807) is 0 Å². The second kappa shape index (κ2) is 7.26. The number of amides is 1. The van der Waals surface area contributed by atoms with Crippen LogP contribution in [0.4, 0.5) is 4.39 Å². The molecule has 0 aliphatic rings. The van der Waals surface area contributed by atoms with Gasteiger partial charge in [0, 0.05) is 6.54 Å². The molecule has 2 rings (SSSR count). The minimum Gasteiger partial charge on any atom is -0.321 e. The molecular formula is C16H11Cl2FN2O. The third-order valence-corrected chi connectivity index (χ3v) is 3.61. The molecule has 0 saturated heterocycles. The van der Waals surface area contributed by atoms with Crippen LogP contribution in [0.25, 0.3) is 0 Å². The predicted molar refractivity (Wildman–Crippen MR) is 83.2 cm³/mol. The monoisotopic (exact) mass is 336 g/mol. The lowest BCUT2D eigenvalue weighted by Gasteiger charge is -2.20. The highest BCUT2D eigenvalue weighted by molar-refractivity contribution is 6.36. The summed E-state index contributed by atoms with van der Waals surface area (Å²) in [7, 11) is 0. The molecule has 3 nitrogen and oxygen atoms in total. The van der Waals surface area contributed by atoms with Gasteiger partial charge in [0.15, 0.2) is 0 Å². The van der Waals surface area contributed by atoms with E-state index >= 15 is 0 Å². The van der Waals surface area contributed by atoms with Crippen molar-refractivity contribution >= 4 is 29.1 Å². The maximum absolute atomic E-state index is 13.6. The van der Waals surface area contributed by atoms with E-state index in [2.05, 4.69) is 0 Å². The predicted octanol–water partition coefficient (Wildman–Crippen LogP) is 4.30. The highest BCUT2D eigenvalue weighted by Gasteiger charge is 2.20. The first-order valence-electron chi connectivity index (χ1n) is 6.37. The Balaban J connectivity index is 2.31. The highest BCUT2D eigenvalue weighted by Crippen LogP contribution is 2.25. The molecule has 2 aromatic carbocycles. The Morgan fingerprint density at radius 3 is 2.50 bits per heavy atom. The zero-order valence-corrected chi connectivity index (χ0v) is 12.9. The fourth-order valence-corrected chi connectivity index (χ4v) is 2.41. The van der Waals surface area contributed by atoms with Gasteiger partial charge in [0.2, 0.25) is 0 Å². The molecule has 0 unspecified atom stereocenters. The Bertz CT molecular complexity index is 729. The van der Waals surface area contributed by atoms with Gasteiger partial charge < -0.3 is 4.90 Å². The molecule has 0 fully saturated rings. The largest absolute Gasteiger partial charge is 0.321 e. The molecule has 0 saturated carbocycles. The lowest BCUT2D eigenvalue weighted by Crippen LogP contribution is -2.31. The molecule has 0 aliphatic heterocycles. The Morgan fingerprint density at radius 2 is 1.86 bits per heavy atom. The first kappa shape index (κ1) is 16.3. The van der Waals surface area contributed by atoms with Crippen LogP contribution in [0.5, 0.6) is 0 Å². The summed E-state index contributed by atoms with van der Waals surface area (Å²) in [6, 6.07) is 13.3. The quantitative estimate of drug-likeness (QED) is 0.617. The number of nitriles is 1. The number of halogens is 3. The lowest BCUT2D eigenvalue weighted by atomic mass is 10.1. The van der Waals surface area contributed by atoms with Gasteiger partial charge in [-0.1, -0.05) is 53.5 Å². The Morgan fingerprint density at radius 1 is 1.18 bits per heavy atom. The van der Waals surface area contributed by atoms with Gasteiger partial charge in [-0.25, -0.2) is 4.39 Å². The van der Waals surface area contributed by atoms with Gasteiger partial charge in [0.25, 0.3) is 5.91 Å². The van der Waals surface area contributed by atoms with E-state index in [-0.39, 0.29) is 28.7 Å². The minimum absolute atomic E-state index is 0.0188. The maximum Gasteiger partial charge on any atom is 0.256 e. The zero-order valence-electron chi connectivity index (χ0n) is 11.4. The first-order chi connectivity index (χ1) is 10.5. The molecule has 0 spiro atoms. The van der Waals surface area contributed by atoms with Crippen molar-refractivity contribution in [2.45, 2.75) is 6.54 Å². The van der Waals surface area contributed by atoms with Crippen LogP contribution in [-0.2, 0) is 6.54 Å². The average molecular weight is 337 g/mol. The molecule has 2 aromatic rings. The van der Waals surface area contributed by atoms with Crippen LogP contribution in [0.3, 0.4) is 0 Å². The fourth-order valence-electron chi connectivity index (χ4n) is 1.95. The van der Waals surface area contributed by atoms with E-state index < -0.39 is 11.7 Å². The second-order valence-corrected chi connectivity index (χ2v) is 5.37. The molecule has 112 valence electrons. The van der Waals surface area contributed by atoms with E-state index in [9.17, 15) is 9.18 Å². The topological polar surface area (TPSA) is 44.1 Å². The van der Waals surface area contributed by atoms with Crippen LogP contribution in [0.15, 0.2) is 42.5 Å². The van der Waals surface area contributed by atoms with Crippen molar-refractivity contribution in [2.24, 2.45) is 0 Å². The summed E-state index contributed by atoms with van der Waals surface area (Å²) < 4.78 is 13.6. The molecule has 0 bridgehead atoms. The second-order valence-electron chi connectivity index (χ2n) is 4.55. The fraction of sp³-hybridized carbons (Fsp3) is 0.125. The number of benzene rings is 2. The van der Waals surface area contributed by atoms with E-state index in [0.717, 1.165) is 11.6 Å². The number of nitrogens with zero attached hydrogens (tertiary/aromatic N) is 2. The van der Waals surface area contributed by atoms with E-state index in [0.29, 0.717) is 0 Å². The van der Waals surface area contributed by atoms with E-state index in [1.807, 2.05) is 36.4 Å². The van der Waals surface area contributed by atoms with Crippen molar-refractivity contribution in [1.82, 2.24) is 4.90 Å². The molecular weight excluding hydrogens is 326 g/mol. The summed E-state index contributed by atoms with van der Waals surface area (Å²) in [6.07, 6.45) is 0. The van der Waals surface area contributed by atoms with Crippen LogP contribution in [0, 0.1) is 17.1 Å². The molecule has 6 heteroatoms. The number of carbonyl (C=O) groups excluding carboxylic acids is 1. The van der Waals surface area contributed by atoms with Crippen molar-refractivity contribution in [3.63, 3.8) is 0 Å². The molecule has 0 aliphatic carbocycles. The van der Waals surface area contributed by atoms with E-state index in [1.165, 1.54) is 11.0 Å². The van der Waals surface area contributed by atoms with Crippen LogP contribution >= 0.6 is 23.2 Å². The minimum atomic E-state index is -0.731. The number of rotatable bonds is 4. The third-order valence-electron chi connectivity index (χ3n) is 3.01. The number of hydrogen-bond acceptors (Lipinski definition) is 2. The summed E-state index contributed by atoms with van der Waals surface area (Å²) in [5.74, 6) is -1.25. The summed E-state index contributed by atoms with van der Waals surface area (Å²) in [4.78, 5) is 13.8. The molecule has 0 N–H and O–H groups in total. The van der Waals surface area contributed by atoms with Gasteiger partial charge in [-0.3, -0.25) is 4.79 Å². The molecule has 1 amide bonds. The Labute approximate surface area is 137 Å². The maximum atomic E-state index is 13.6. The van der Waals surface area contributed by atoms with Crippen LogP contribution in [-0.4, -0.2) is 17.4 Å². The standard InChI is InChI=1S/C16H11Cl2FN2O/c17-13-9-14(18)15(19)8-12(13)16(22)21(7-6-20)10-11-4-2-1-3-5-11/h1-5,8-9H,7,10H2. The van der Waals surface area contributed by atoms with Crippen molar-refractivity contribution in [3.8, 4) is 6.07 Å². The van der Waals surface area contributed by atoms with Gasteiger partial charge in [0.05, 0.1) is 21.7 Å². The third kappa shape index (κ3) is 3.76. The molecule has 0 heterocycles. The molecule has 22 heavy (non-hydrogen) atoms. The van der Waals surface area contributed by atoms with Crippen LogP contribution < -0.4 is 0 Å². The van der Waals surface area contributed by atoms with Crippen molar-refractivity contribution in [2.75, 3.05) is 6.54 Å².